The lowest BCUT2D eigenvalue weighted by atomic mass is 10.1. The van der Waals surface area contributed by atoms with Crippen LogP contribution in [0.3, 0.4) is 0 Å². The van der Waals surface area contributed by atoms with Crippen molar-refractivity contribution in [2.75, 3.05) is 0 Å². The van der Waals surface area contributed by atoms with Crippen molar-refractivity contribution in [3.63, 3.8) is 0 Å². The molecule has 0 saturated heterocycles. The van der Waals surface area contributed by atoms with Crippen LogP contribution in [0.1, 0.15) is 18.5 Å². The van der Waals surface area contributed by atoms with E-state index < -0.39 is 11.9 Å². The molecule has 2 N–H and O–H groups in total. The third-order valence-electron chi connectivity index (χ3n) is 2.60. The molecule has 0 radical (unpaired) electrons. The number of carboxylic acid groups (broad SMARTS) is 1. The van der Waals surface area contributed by atoms with Gasteiger partial charge in [0, 0.05) is 22.7 Å². The average molecular weight is 217 g/mol. The van der Waals surface area contributed by atoms with Crippen molar-refractivity contribution in [3.05, 3.63) is 46.2 Å². The van der Waals surface area contributed by atoms with Crippen LogP contribution < -0.4 is 5.43 Å². The summed E-state index contributed by atoms with van der Waals surface area (Å²) in [5.41, 5.74) is 0.937. The maximum atomic E-state index is 11.7. The Hall–Kier alpha value is -2.10. The number of nitrogens with one attached hydrogen (secondary N) is 1. The minimum absolute atomic E-state index is 0.155. The number of fused-ring (bicyclic) bond motifs is 1. The molecule has 16 heavy (non-hydrogen) atoms. The summed E-state index contributed by atoms with van der Waals surface area (Å²) in [6.45, 7) is 1.54. The maximum absolute atomic E-state index is 11.7. The van der Waals surface area contributed by atoms with Gasteiger partial charge in [0.2, 0.25) is 0 Å². The fourth-order valence-electron chi connectivity index (χ4n) is 1.58. The number of carbonyl (C=O) groups is 1. The molecule has 1 atom stereocenters. The van der Waals surface area contributed by atoms with E-state index in [1.165, 1.54) is 6.07 Å². The summed E-state index contributed by atoms with van der Waals surface area (Å²) < 4.78 is 0. The monoisotopic (exact) mass is 217 g/mol. The molecule has 1 unspecified atom stereocenters. The summed E-state index contributed by atoms with van der Waals surface area (Å²) in [4.78, 5) is 25.5. The van der Waals surface area contributed by atoms with Gasteiger partial charge in [0.25, 0.3) is 0 Å². The number of benzene rings is 1. The molecule has 0 amide bonds. The quantitative estimate of drug-likeness (QED) is 0.804. The van der Waals surface area contributed by atoms with Crippen molar-refractivity contribution in [1.82, 2.24) is 4.98 Å². The summed E-state index contributed by atoms with van der Waals surface area (Å²) >= 11 is 0. The molecule has 0 aliphatic rings. The number of H-pyrrole nitrogens is 1. The van der Waals surface area contributed by atoms with Gasteiger partial charge in [-0.15, -0.1) is 0 Å². The van der Waals surface area contributed by atoms with Gasteiger partial charge in [0.15, 0.2) is 5.43 Å². The Kier molecular flexibility index (Phi) is 2.48. The van der Waals surface area contributed by atoms with Crippen LogP contribution in [0, 0.1) is 0 Å². The van der Waals surface area contributed by atoms with Gasteiger partial charge in [0.1, 0.15) is 0 Å². The second-order valence-corrected chi connectivity index (χ2v) is 3.69. The molecule has 1 aromatic heterocycles. The van der Waals surface area contributed by atoms with Gasteiger partial charge in [-0.25, -0.2) is 0 Å². The fraction of sp³-hybridized carbons (Fsp3) is 0.167. The Bertz CT molecular complexity index is 600. The van der Waals surface area contributed by atoms with Gasteiger partial charge in [-0.05, 0) is 19.1 Å². The van der Waals surface area contributed by atoms with E-state index in [2.05, 4.69) is 4.98 Å². The van der Waals surface area contributed by atoms with Crippen molar-refractivity contribution in [1.29, 1.82) is 0 Å². The Morgan fingerprint density at radius 3 is 2.75 bits per heavy atom. The van der Waals surface area contributed by atoms with E-state index >= 15 is 0 Å². The Labute approximate surface area is 91.5 Å². The molecule has 0 fully saturated rings. The van der Waals surface area contributed by atoms with Crippen LogP contribution in [0.5, 0.6) is 0 Å². The van der Waals surface area contributed by atoms with E-state index in [4.69, 9.17) is 5.11 Å². The van der Waals surface area contributed by atoms with E-state index in [1.807, 2.05) is 0 Å². The zero-order valence-electron chi connectivity index (χ0n) is 8.73. The van der Waals surface area contributed by atoms with Gasteiger partial charge in [-0.2, -0.15) is 0 Å². The van der Waals surface area contributed by atoms with Gasteiger partial charge in [-0.3, -0.25) is 9.59 Å². The third-order valence-corrected chi connectivity index (χ3v) is 2.60. The summed E-state index contributed by atoms with van der Waals surface area (Å²) in [6, 6.07) is 8.39. The number of aromatic amines is 1. The van der Waals surface area contributed by atoms with Crippen molar-refractivity contribution in [2.45, 2.75) is 12.8 Å². The number of hydrogen-bond acceptors (Lipinski definition) is 2. The van der Waals surface area contributed by atoms with E-state index in [0.29, 0.717) is 16.6 Å². The lowest BCUT2D eigenvalue weighted by Gasteiger charge is -2.07. The molecule has 2 aromatic rings. The zero-order chi connectivity index (χ0) is 11.7. The normalized spacial score (nSPS) is 12.6. The molecule has 4 nitrogen and oxygen atoms in total. The van der Waals surface area contributed by atoms with E-state index in [9.17, 15) is 9.59 Å². The molecule has 1 aromatic carbocycles. The average Bonchev–Trinajstić information content (AvgIpc) is 2.28. The van der Waals surface area contributed by atoms with Crippen LogP contribution in [-0.4, -0.2) is 16.1 Å². The van der Waals surface area contributed by atoms with Crippen molar-refractivity contribution in [2.24, 2.45) is 0 Å². The first-order valence-electron chi connectivity index (χ1n) is 4.94. The maximum Gasteiger partial charge on any atom is 0.312 e. The second kappa shape index (κ2) is 3.81. The highest BCUT2D eigenvalue weighted by molar-refractivity contribution is 5.80. The minimum Gasteiger partial charge on any atom is -0.481 e. The van der Waals surface area contributed by atoms with Gasteiger partial charge >= 0.3 is 5.97 Å². The van der Waals surface area contributed by atoms with E-state index in [1.54, 1.807) is 31.2 Å². The van der Waals surface area contributed by atoms with E-state index in [-0.39, 0.29) is 5.43 Å². The zero-order valence-corrected chi connectivity index (χ0v) is 8.73. The molecular formula is C12H11NO3. The smallest absolute Gasteiger partial charge is 0.312 e. The Balaban J connectivity index is 2.67. The summed E-state index contributed by atoms with van der Waals surface area (Å²) in [6.07, 6.45) is 0. The fourth-order valence-corrected chi connectivity index (χ4v) is 1.58. The number of para-hydroxylation sites is 1. The summed E-state index contributed by atoms with van der Waals surface area (Å²) in [5.74, 6) is -1.66. The SMILES string of the molecule is CC(C(=O)O)c1cc(=O)c2ccccc2[nH]1. The van der Waals surface area contributed by atoms with Crippen LogP contribution in [-0.2, 0) is 4.79 Å². The van der Waals surface area contributed by atoms with Gasteiger partial charge in [-0.1, -0.05) is 12.1 Å². The highest BCUT2D eigenvalue weighted by Crippen LogP contribution is 2.14. The number of pyridine rings is 1. The Morgan fingerprint density at radius 1 is 1.38 bits per heavy atom. The third kappa shape index (κ3) is 1.69. The molecule has 0 saturated carbocycles. The second-order valence-electron chi connectivity index (χ2n) is 3.69. The van der Waals surface area contributed by atoms with Gasteiger partial charge < -0.3 is 10.1 Å². The van der Waals surface area contributed by atoms with Crippen molar-refractivity contribution < 1.29 is 9.90 Å². The van der Waals surface area contributed by atoms with Crippen molar-refractivity contribution in [3.8, 4) is 0 Å². The van der Waals surface area contributed by atoms with Crippen LogP contribution in [0.4, 0.5) is 0 Å². The van der Waals surface area contributed by atoms with Crippen LogP contribution >= 0.6 is 0 Å². The van der Waals surface area contributed by atoms with Crippen LogP contribution in [0.25, 0.3) is 10.9 Å². The predicted molar refractivity (Wildman–Crippen MR) is 60.6 cm³/mol. The predicted octanol–water partition coefficient (Wildman–Crippen LogP) is 1.72. The van der Waals surface area contributed by atoms with Crippen LogP contribution in [0.2, 0.25) is 0 Å². The number of hydrogen-bond donors (Lipinski definition) is 2. The molecule has 0 bridgehead atoms. The molecule has 0 aliphatic carbocycles. The molecule has 0 spiro atoms. The largest absolute Gasteiger partial charge is 0.481 e. The highest BCUT2D eigenvalue weighted by Gasteiger charge is 2.15. The first-order valence-corrected chi connectivity index (χ1v) is 4.94. The summed E-state index contributed by atoms with van der Waals surface area (Å²) in [5, 5.41) is 9.45. The highest BCUT2D eigenvalue weighted by atomic mass is 16.4. The number of aliphatic carboxylic acids is 1. The van der Waals surface area contributed by atoms with E-state index in [0.717, 1.165) is 0 Å². The first-order chi connectivity index (χ1) is 7.59. The molecule has 1 heterocycles. The lowest BCUT2D eigenvalue weighted by Crippen LogP contribution is -2.13. The molecule has 82 valence electrons. The minimum atomic E-state index is -0.953. The molecule has 4 heteroatoms. The summed E-state index contributed by atoms with van der Waals surface area (Å²) in [7, 11) is 0. The van der Waals surface area contributed by atoms with Gasteiger partial charge in [0.05, 0.1) is 5.92 Å². The number of rotatable bonds is 2. The number of carboxylic acids is 1. The number of aromatic nitrogens is 1. The lowest BCUT2D eigenvalue weighted by molar-refractivity contribution is -0.138. The molecular weight excluding hydrogens is 206 g/mol. The topological polar surface area (TPSA) is 70.2 Å². The Morgan fingerprint density at radius 2 is 2.06 bits per heavy atom. The van der Waals surface area contributed by atoms with Crippen molar-refractivity contribution >= 4 is 16.9 Å². The van der Waals surface area contributed by atoms with Crippen LogP contribution in [0.15, 0.2) is 35.1 Å². The first kappa shape index (κ1) is 10.4. The molecule has 0 aliphatic heterocycles. The molecule has 2 rings (SSSR count). The standard InChI is InChI=1S/C12H11NO3/c1-7(12(15)16)10-6-11(14)8-4-2-3-5-9(8)13-10/h2-7H,1H3,(H,13,14)(H,15,16).